The van der Waals surface area contributed by atoms with Crippen molar-refractivity contribution in [3.05, 3.63) is 54.1 Å². The first-order valence-corrected chi connectivity index (χ1v) is 10.6. The molecular formula is C23H28F2N4O3. The molecule has 1 aliphatic heterocycles. The van der Waals surface area contributed by atoms with Crippen LogP contribution in [0.5, 0.6) is 0 Å². The molecule has 0 aliphatic carbocycles. The Morgan fingerprint density at radius 3 is 2.28 bits per heavy atom. The monoisotopic (exact) mass is 446 g/mol. The van der Waals surface area contributed by atoms with Gasteiger partial charge in [0.15, 0.2) is 11.6 Å². The molecule has 32 heavy (non-hydrogen) atoms. The van der Waals surface area contributed by atoms with Gasteiger partial charge >= 0.3 is 0 Å². The molecule has 0 radical (unpaired) electrons. The number of amides is 2. The number of halogens is 2. The third-order valence-corrected chi connectivity index (χ3v) is 5.20. The van der Waals surface area contributed by atoms with E-state index in [1.165, 1.54) is 6.07 Å². The lowest BCUT2D eigenvalue weighted by atomic mass is 10.2. The number of hydrogen-bond donors (Lipinski definition) is 2. The maximum absolute atomic E-state index is 13.3. The van der Waals surface area contributed by atoms with Crippen LogP contribution in [-0.4, -0.2) is 62.7 Å². The second-order valence-corrected chi connectivity index (χ2v) is 7.49. The first kappa shape index (κ1) is 23.6. The molecule has 172 valence electrons. The Morgan fingerprint density at radius 1 is 0.969 bits per heavy atom. The molecule has 0 spiro atoms. The highest BCUT2D eigenvalue weighted by Crippen LogP contribution is 2.19. The minimum atomic E-state index is -1.02. The fourth-order valence-electron chi connectivity index (χ4n) is 3.39. The van der Waals surface area contributed by atoms with Gasteiger partial charge in [-0.15, -0.1) is 0 Å². The van der Waals surface area contributed by atoms with Gasteiger partial charge < -0.3 is 20.3 Å². The maximum Gasteiger partial charge on any atom is 0.238 e. The summed E-state index contributed by atoms with van der Waals surface area (Å²) < 4.78 is 31.6. The summed E-state index contributed by atoms with van der Waals surface area (Å²) in [7, 11) is 0. The quantitative estimate of drug-likeness (QED) is 0.619. The van der Waals surface area contributed by atoms with Crippen LogP contribution >= 0.6 is 0 Å². The highest BCUT2D eigenvalue weighted by atomic mass is 19.2. The fourth-order valence-corrected chi connectivity index (χ4v) is 3.39. The lowest BCUT2D eigenvalue weighted by Crippen LogP contribution is -2.36. The van der Waals surface area contributed by atoms with Gasteiger partial charge in [0.2, 0.25) is 11.8 Å². The van der Waals surface area contributed by atoms with Gasteiger partial charge in [-0.1, -0.05) is 6.92 Å². The number of carbonyl (C=O) groups excluding carboxylic acids is 2. The molecule has 0 aromatic heterocycles. The predicted octanol–water partition coefficient (Wildman–Crippen LogP) is 3.09. The normalized spacial score (nSPS) is 13.8. The first-order valence-electron chi connectivity index (χ1n) is 10.6. The molecule has 7 nitrogen and oxygen atoms in total. The number of anilines is 3. The topological polar surface area (TPSA) is 73.9 Å². The molecule has 1 fully saturated rings. The van der Waals surface area contributed by atoms with Crippen molar-refractivity contribution in [2.24, 2.45) is 0 Å². The fraction of sp³-hybridized carbons (Fsp3) is 0.391. The molecule has 1 aliphatic rings. The van der Waals surface area contributed by atoms with Crippen LogP contribution in [0, 0.1) is 11.6 Å². The zero-order valence-corrected chi connectivity index (χ0v) is 18.1. The number of nitrogens with one attached hydrogen (secondary N) is 2. The number of morpholine rings is 1. The average Bonchev–Trinajstić information content (AvgIpc) is 2.80. The molecule has 2 N–H and O–H groups in total. The van der Waals surface area contributed by atoms with E-state index in [0.29, 0.717) is 32.0 Å². The van der Waals surface area contributed by atoms with Gasteiger partial charge in [0.1, 0.15) is 0 Å². The van der Waals surface area contributed by atoms with Crippen molar-refractivity contribution < 1.29 is 23.1 Å². The average molecular weight is 446 g/mol. The van der Waals surface area contributed by atoms with Crippen LogP contribution in [0.25, 0.3) is 0 Å². The second kappa shape index (κ2) is 11.5. The third kappa shape index (κ3) is 7.00. The smallest absolute Gasteiger partial charge is 0.238 e. The SMILES string of the molecule is CCN(CCC(=O)Nc1ccc(F)c(F)c1)CC(=O)Nc1ccc(N2CCOCC2)cc1. The van der Waals surface area contributed by atoms with Crippen molar-refractivity contribution in [3.63, 3.8) is 0 Å². The van der Waals surface area contributed by atoms with Crippen molar-refractivity contribution in [2.75, 3.05) is 61.5 Å². The van der Waals surface area contributed by atoms with Gasteiger partial charge in [0.25, 0.3) is 0 Å². The van der Waals surface area contributed by atoms with Crippen LogP contribution in [0.15, 0.2) is 42.5 Å². The molecule has 3 rings (SSSR count). The van der Waals surface area contributed by atoms with Gasteiger partial charge in [-0.05, 0) is 42.9 Å². The molecule has 0 unspecified atom stereocenters. The first-order chi connectivity index (χ1) is 15.4. The molecule has 1 saturated heterocycles. The van der Waals surface area contributed by atoms with Crippen molar-refractivity contribution >= 4 is 28.9 Å². The summed E-state index contributed by atoms with van der Waals surface area (Å²) in [5, 5.41) is 5.40. The molecule has 2 aromatic carbocycles. The number of rotatable bonds is 9. The van der Waals surface area contributed by atoms with E-state index in [4.69, 9.17) is 4.74 Å². The maximum atomic E-state index is 13.3. The van der Waals surface area contributed by atoms with Gasteiger partial charge in [0, 0.05) is 49.2 Å². The Balaban J connectivity index is 1.43. The van der Waals surface area contributed by atoms with Crippen molar-refractivity contribution in [2.45, 2.75) is 13.3 Å². The minimum Gasteiger partial charge on any atom is -0.378 e. The molecule has 1 heterocycles. The highest BCUT2D eigenvalue weighted by molar-refractivity contribution is 5.93. The van der Waals surface area contributed by atoms with Crippen LogP contribution in [0.1, 0.15) is 13.3 Å². The molecule has 9 heteroatoms. The van der Waals surface area contributed by atoms with Crippen molar-refractivity contribution in [3.8, 4) is 0 Å². The predicted molar refractivity (Wildman–Crippen MR) is 120 cm³/mol. The standard InChI is InChI=1S/C23H28F2N4O3/c1-2-28(10-9-22(30)27-18-5-8-20(24)21(25)15-18)16-23(31)26-17-3-6-19(7-4-17)29-11-13-32-14-12-29/h3-8,15H,2,9-14,16H2,1H3,(H,26,31)(H,27,30). The molecular weight excluding hydrogens is 418 g/mol. The molecule has 0 atom stereocenters. The number of carbonyl (C=O) groups is 2. The Labute approximate surface area is 186 Å². The summed E-state index contributed by atoms with van der Waals surface area (Å²) >= 11 is 0. The number of ether oxygens (including phenoxy) is 1. The molecule has 0 saturated carbocycles. The molecule has 0 bridgehead atoms. The van der Waals surface area contributed by atoms with Crippen LogP contribution < -0.4 is 15.5 Å². The van der Waals surface area contributed by atoms with E-state index in [-0.39, 0.29) is 30.5 Å². The number of nitrogens with zero attached hydrogens (tertiary/aromatic N) is 2. The Kier molecular flexibility index (Phi) is 8.52. The summed E-state index contributed by atoms with van der Waals surface area (Å²) in [5.74, 6) is -2.50. The van der Waals surface area contributed by atoms with Crippen LogP contribution in [0.4, 0.5) is 25.8 Å². The van der Waals surface area contributed by atoms with Crippen molar-refractivity contribution in [1.29, 1.82) is 0 Å². The van der Waals surface area contributed by atoms with E-state index < -0.39 is 11.6 Å². The summed E-state index contributed by atoms with van der Waals surface area (Å²) in [6.07, 6.45) is 0.119. The lowest BCUT2D eigenvalue weighted by molar-refractivity contribution is -0.119. The Morgan fingerprint density at radius 2 is 1.62 bits per heavy atom. The van der Waals surface area contributed by atoms with Gasteiger partial charge in [-0.2, -0.15) is 0 Å². The van der Waals surface area contributed by atoms with E-state index >= 15 is 0 Å². The zero-order valence-electron chi connectivity index (χ0n) is 18.1. The van der Waals surface area contributed by atoms with E-state index in [2.05, 4.69) is 15.5 Å². The summed E-state index contributed by atoms with van der Waals surface area (Å²) in [5.41, 5.74) is 1.99. The highest BCUT2D eigenvalue weighted by Gasteiger charge is 2.14. The summed E-state index contributed by atoms with van der Waals surface area (Å²) in [4.78, 5) is 28.6. The minimum absolute atomic E-state index is 0.119. The van der Waals surface area contributed by atoms with E-state index in [0.717, 1.165) is 30.9 Å². The van der Waals surface area contributed by atoms with Gasteiger partial charge in [-0.3, -0.25) is 14.5 Å². The van der Waals surface area contributed by atoms with E-state index in [1.807, 2.05) is 36.1 Å². The zero-order chi connectivity index (χ0) is 22.9. The second-order valence-electron chi connectivity index (χ2n) is 7.49. The third-order valence-electron chi connectivity index (χ3n) is 5.20. The van der Waals surface area contributed by atoms with Crippen LogP contribution in [0.2, 0.25) is 0 Å². The summed E-state index contributed by atoms with van der Waals surface area (Å²) in [6.45, 7) is 6.10. The van der Waals surface area contributed by atoms with Crippen molar-refractivity contribution in [1.82, 2.24) is 4.90 Å². The van der Waals surface area contributed by atoms with Gasteiger partial charge in [0.05, 0.1) is 19.8 Å². The van der Waals surface area contributed by atoms with E-state index in [9.17, 15) is 18.4 Å². The number of likely N-dealkylation sites (N-methyl/N-ethyl adjacent to an activating group) is 1. The van der Waals surface area contributed by atoms with Crippen LogP contribution in [0.3, 0.4) is 0 Å². The Hall–Kier alpha value is -3.04. The summed E-state index contributed by atoms with van der Waals surface area (Å²) in [6, 6.07) is 10.9. The van der Waals surface area contributed by atoms with Crippen LogP contribution in [-0.2, 0) is 14.3 Å². The number of benzene rings is 2. The molecule has 2 amide bonds. The number of hydrogen-bond acceptors (Lipinski definition) is 5. The van der Waals surface area contributed by atoms with Gasteiger partial charge in [-0.25, -0.2) is 8.78 Å². The Bertz CT molecular complexity index is 918. The lowest BCUT2D eigenvalue weighted by Gasteiger charge is -2.29. The van der Waals surface area contributed by atoms with E-state index in [1.54, 1.807) is 0 Å². The molecule has 2 aromatic rings. The largest absolute Gasteiger partial charge is 0.378 e.